The minimum absolute atomic E-state index is 0. The van der Waals surface area contributed by atoms with Crippen molar-refractivity contribution in [2.75, 3.05) is 45.8 Å². The zero-order valence-corrected chi connectivity index (χ0v) is 25.9. The highest BCUT2D eigenvalue weighted by atomic mass is 35.5. The van der Waals surface area contributed by atoms with Crippen LogP contribution in [0.2, 0.25) is 0 Å². The first-order valence-corrected chi connectivity index (χ1v) is 14.4. The highest BCUT2D eigenvalue weighted by Gasteiger charge is 2.21. The number of piperidine rings is 1. The smallest absolute Gasteiger partial charge is 0.253 e. The van der Waals surface area contributed by atoms with Gasteiger partial charge in [-0.3, -0.25) is 4.79 Å². The van der Waals surface area contributed by atoms with Gasteiger partial charge in [0.1, 0.15) is 5.82 Å². The number of nitrogens with zero attached hydrogens (tertiary/aromatic N) is 4. The molecular formula is C29H50Cl3N5O. The Morgan fingerprint density at radius 3 is 2.26 bits per heavy atom. The lowest BCUT2D eigenvalue weighted by atomic mass is 9.94. The summed E-state index contributed by atoms with van der Waals surface area (Å²) in [6.07, 6.45) is 11.7. The molecule has 2 aromatic rings. The van der Waals surface area contributed by atoms with Crippen molar-refractivity contribution in [1.82, 2.24) is 24.7 Å². The van der Waals surface area contributed by atoms with Gasteiger partial charge < -0.3 is 19.7 Å². The zero-order valence-electron chi connectivity index (χ0n) is 23.5. The maximum atomic E-state index is 13.5. The standard InChI is InChI=1S/C29H47N5O.3ClH/c1-3-5-19-33(20-6-4-2)29(35)25-10-11-26-27(23-25)34(21-9-18-32-16-7-8-17-32)28(31-26)22-24-12-14-30-15-13-24;;;/h10-11,23-24,30H,3-9,12-22H2,1-2H3;3*1H. The van der Waals surface area contributed by atoms with Crippen molar-refractivity contribution in [3.05, 3.63) is 29.6 Å². The Bertz CT molecular complexity index is 934. The summed E-state index contributed by atoms with van der Waals surface area (Å²) in [5.74, 6) is 2.09. The summed E-state index contributed by atoms with van der Waals surface area (Å²) >= 11 is 0. The number of benzene rings is 1. The third-order valence-electron chi connectivity index (χ3n) is 7.91. The van der Waals surface area contributed by atoms with Gasteiger partial charge in [0.25, 0.3) is 5.91 Å². The van der Waals surface area contributed by atoms with Gasteiger partial charge in [0, 0.05) is 31.6 Å². The quantitative estimate of drug-likeness (QED) is 0.294. The Hall–Kier alpha value is -1.05. The van der Waals surface area contributed by atoms with Crippen LogP contribution in [0.25, 0.3) is 11.0 Å². The molecule has 2 aliphatic rings. The van der Waals surface area contributed by atoms with Crippen LogP contribution in [0.1, 0.15) is 87.8 Å². The number of amides is 1. The number of aromatic nitrogens is 2. The van der Waals surface area contributed by atoms with Gasteiger partial charge in [-0.15, -0.1) is 37.2 Å². The Morgan fingerprint density at radius 2 is 1.63 bits per heavy atom. The fourth-order valence-corrected chi connectivity index (χ4v) is 5.71. The lowest BCUT2D eigenvalue weighted by molar-refractivity contribution is 0.0751. The maximum Gasteiger partial charge on any atom is 0.253 e. The third kappa shape index (κ3) is 9.55. The lowest BCUT2D eigenvalue weighted by Gasteiger charge is -2.23. The van der Waals surface area contributed by atoms with Gasteiger partial charge in [0.05, 0.1) is 11.0 Å². The molecule has 2 aliphatic heterocycles. The van der Waals surface area contributed by atoms with E-state index in [0.29, 0.717) is 5.92 Å². The van der Waals surface area contributed by atoms with Crippen LogP contribution in [0.3, 0.4) is 0 Å². The van der Waals surface area contributed by atoms with Crippen LogP contribution in [0.15, 0.2) is 18.2 Å². The first-order valence-electron chi connectivity index (χ1n) is 14.4. The monoisotopic (exact) mass is 589 g/mol. The molecule has 3 heterocycles. The van der Waals surface area contributed by atoms with Gasteiger partial charge in [0.2, 0.25) is 0 Å². The third-order valence-corrected chi connectivity index (χ3v) is 7.91. The number of aryl methyl sites for hydroxylation is 1. The second kappa shape index (κ2) is 18.3. The van der Waals surface area contributed by atoms with Crippen LogP contribution in [0.4, 0.5) is 0 Å². The van der Waals surface area contributed by atoms with Crippen LogP contribution in [0, 0.1) is 5.92 Å². The van der Waals surface area contributed by atoms with E-state index in [1.54, 1.807) is 0 Å². The topological polar surface area (TPSA) is 53.4 Å². The van der Waals surface area contributed by atoms with Crippen LogP contribution < -0.4 is 5.32 Å². The molecule has 4 rings (SSSR count). The number of fused-ring (bicyclic) bond motifs is 1. The van der Waals surface area contributed by atoms with E-state index in [9.17, 15) is 4.79 Å². The number of likely N-dealkylation sites (tertiary alicyclic amines) is 1. The molecule has 2 saturated heterocycles. The van der Waals surface area contributed by atoms with Gasteiger partial charge in [0.15, 0.2) is 0 Å². The predicted molar refractivity (Wildman–Crippen MR) is 167 cm³/mol. The molecule has 0 radical (unpaired) electrons. The largest absolute Gasteiger partial charge is 0.339 e. The van der Waals surface area contributed by atoms with Crippen molar-refractivity contribution in [1.29, 1.82) is 0 Å². The number of rotatable bonds is 13. The van der Waals surface area contributed by atoms with E-state index in [1.165, 1.54) is 44.6 Å². The summed E-state index contributed by atoms with van der Waals surface area (Å²) in [6, 6.07) is 6.23. The minimum Gasteiger partial charge on any atom is -0.339 e. The fourth-order valence-electron chi connectivity index (χ4n) is 5.71. The number of carbonyl (C=O) groups is 1. The zero-order chi connectivity index (χ0) is 24.5. The molecule has 218 valence electrons. The molecule has 0 saturated carbocycles. The first kappa shape index (κ1) is 35.0. The molecule has 0 unspecified atom stereocenters. The molecule has 1 amide bonds. The second-order valence-electron chi connectivity index (χ2n) is 10.7. The van der Waals surface area contributed by atoms with Gasteiger partial charge in [-0.1, -0.05) is 26.7 Å². The van der Waals surface area contributed by atoms with Crippen LogP contribution in [-0.4, -0.2) is 71.1 Å². The summed E-state index contributed by atoms with van der Waals surface area (Å²) in [5, 5.41) is 3.49. The molecule has 38 heavy (non-hydrogen) atoms. The Balaban J connectivity index is 0.00000241. The highest BCUT2D eigenvalue weighted by molar-refractivity contribution is 5.97. The predicted octanol–water partition coefficient (Wildman–Crippen LogP) is 6.37. The van der Waals surface area contributed by atoms with E-state index >= 15 is 0 Å². The summed E-state index contributed by atoms with van der Waals surface area (Å²) in [4.78, 5) is 23.3. The van der Waals surface area contributed by atoms with Crippen molar-refractivity contribution >= 4 is 54.2 Å². The highest BCUT2D eigenvalue weighted by Crippen LogP contribution is 2.24. The van der Waals surface area contributed by atoms with Crippen molar-refractivity contribution in [3.8, 4) is 0 Å². The maximum absolute atomic E-state index is 13.5. The van der Waals surface area contributed by atoms with E-state index in [-0.39, 0.29) is 43.1 Å². The van der Waals surface area contributed by atoms with E-state index < -0.39 is 0 Å². The van der Waals surface area contributed by atoms with E-state index in [4.69, 9.17) is 4.98 Å². The first-order chi connectivity index (χ1) is 17.2. The number of nitrogens with one attached hydrogen (secondary N) is 1. The summed E-state index contributed by atoms with van der Waals surface area (Å²) < 4.78 is 2.45. The average Bonchev–Trinajstić information content (AvgIpc) is 3.52. The van der Waals surface area contributed by atoms with Crippen LogP contribution >= 0.6 is 37.2 Å². The molecule has 0 spiro atoms. The molecule has 0 atom stereocenters. The Kier molecular flexibility index (Phi) is 16.9. The molecule has 6 nitrogen and oxygen atoms in total. The van der Waals surface area contributed by atoms with Crippen molar-refractivity contribution < 1.29 is 4.79 Å². The number of hydrogen-bond acceptors (Lipinski definition) is 4. The fraction of sp³-hybridized carbons (Fsp3) is 0.724. The number of halogens is 3. The number of hydrogen-bond donors (Lipinski definition) is 1. The van der Waals surface area contributed by atoms with E-state index in [1.807, 2.05) is 6.07 Å². The van der Waals surface area contributed by atoms with Crippen LogP contribution in [-0.2, 0) is 13.0 Å². The minimum atomic E-state index is 0. The lowest BCUT2D eigenvalue weighted by Crippen LogP contribution is -2.33. The number of imidazole rings is 1. The van der Waals surface area contributed by atoms with Crippen molar-refractivity contribution in [3.63, 3.8) is 0 Å². The van der Waals surface area contributed by atoms with Crippen molar-refractivity contribution in [2.45, 2.75) is 84.6 Å². The second-order valence-corrected chi connectivity index (χ2v) is 10.7. The summed E-state index contributed by atoms with van der Waals surface area (Å²) in [7, 11) is 0. The summed E-state index contributed by atoms with van der Waals surface area (Å²) in [5.41, 5.74) is 3.01. The van der Waals surface area contributed by atoms with Crippen molar-refractivity contribution in [2.24, 2.45) is 5.92 Å². The number of unbranched alkanes of at least 4 members (excludes halogenated alkanes) is 2. The normalized spacial score (nSPS) is 16.1. The van der Waals surface area contributed by atoms with E-state index in [2.05, 4.69) is 45.7 Å². The number of carbonyl (C=O) groups excluding carboxylic acids is 1. The Morgan fingerprint density at radius 1 is 0.974 bits per heavy atom. The Labute approximate surface area is 248 Å². The van der Waals surface area contributed by atoms with Gasteiger partial charge >= 0.3 is 0 Å². The molecule has 0 aliphatic carbocycles. The average molecular weight is 591 g/mol. The molecule has 9 heteroatoms. The summed E-state index contributed by atoms with van der Waals surface area (Å²) in [6.45, 7) is 13.0. The SMILES string of the molecule is CCCCN(CCCC)C(=O)c1ccc2nc(CC3CCNCC3)n(CCCN3CCCC3)c2c1.Cl.Cl.Cl. The molecule has 2 fully saturated rings. The van der Waals surface area contributed by atoms with Crippen LogP contribution in [0.5, 0.6) is 0 Å². The van der Waals surface area contributed by atoms with Gasteiger partial charge in [-0.2, -0.15) is 0 Å². The molecule has 1 aromatic heterocycles. The van der Waals surface area contributed by atoms with Gasteiger partial charge in [-0.05, 0) is 102 Å². The van der Waals surface area contributed by atoms with Gasteiger partial charge in [-0.25, -0.2) is 4.98 Å². The molecule has 1 N–H and O–H groups in total. The molecule has 0 bridgehead atoms. The van der Waals surface area contributed by atoms with E-state index in [0.717, 1.165) is 94.4 Å². The molecule has 1 aromatic carbocycles. The molecular weight excluding hydrogens is 541 g/mol.